The van der Waals surface area contributed by atoms with Gasteiger partial charge in [0.25, 0.3) is 0 Å². The van der Waals surface area contributed by atoms with Crippen molar-refractivity contribution in [3.05, 3.63) is 15.3 Å². The van der Waals surface area contributed by atoms with E-state index in [0.29, 0.717) is 0 Å². The Kier molecular flexibility index (Phi) is 141. The molecule has 0 bridgehead atoms. The molecule has 1 radical (unpaired) electrons. The van der Waals surface area contributed by atoms with E-state index in [2.05, 4.69) is 0 Å². The minimum absolute atomic E-state index is 0. The molecule has 0 aliphatic carbocycles. The van der Waals surface area contributed by atoms with Crippen molar-refractivity contribution in [3.8, 4) is 0 Å². The van der Waals surface area contributed by atoms with Gasteiger partial charge in [-0.2, -0.15) is 0 Å². The summed E-state index contributed by atoms with van der Waals surface area (Å²) in [6.07, 6.45) is 0. The molecular formula is H6NO6Y-. The third-order valence-corrected chi connectivity index (χ3v) is 0. The second-order valence-corrected chi connectivity index (χ2v) is 0.224. The second kappa shape index (κ2) is 27.1. The number of hydrogen-bond donors (Lipinski definition) is 0. The van der Waals surface area contributed by atoms with E-state index in [0.717, 1.165) is 0 Å². The van der Waals surface area contributed by atoms with Gasteiger partial charge in [-0.05, 0) is 0 Å². The van der Waals surface area contributed by atoms with Crippen molar-refractivity contribution in [2.45, 2.75) is 0 Å². The predicted octanol–water partition coefficient (Wildman–Crippen LogP) is -2.72. The molecular weight excluding hydrogens is 199 g/mol. The topological polar surface area (TPSA) is 161 Å². The summed E-state index contributed by atoms with van der Waals surface area (Å²) < 4.78 is 0. The maximum Gasteiger partial charge on any atom is 0.0689 e. The standard InChI is InChI=1S/NO3.3H2O.Y/c2-1(3)4;;;;/h;3*1H2;/q-1;;;;. The first-order chi connectivity index (χ1) is 1.73. The molecule has 8 heteroatoms. The maximum absolute atomic E-state index is 8.25. The summed E-state index contributed by atoms with van der Waals surface area (Å²) in [5, 5.41) is 14.8. The van der Waals surface area contributed by atoms with Crippen LogP contribution in [0.5, 0.6) is 0 Å². The summed E-state index contributed by atoms with van der Waals surface area (Å²) in [5.41, 5.74) is 0. The second-order valence-electron chi connectivity index (χ2n) is 0.224. The van der Waals surface area contributed by atoms with Crippen molar-refractivity contribution in [3.63, 3.8) is 0 Å². The average Bonchev–Trinajstić information content (AvgIpc) is 0.811. The van der Waals surface area contributed by atoms with Gasteiger partial charge in [0.15, 0.2) is 0 Å². The first-order valence-corrected chi connectivity index (χ1v) is 0.548. The Morgan fingerprint density at radius 3 is 1.00 bits per heavy atom. The summed E-state index contributed by atoms with van der Waals surface area (Å²) in [6, 6.07) is 0. The largest absolute Gasteiger partial charge is 0.412 e. The molecule has 0 spiro atoms. The van der Waals surface area contributed by atoms with Gasteiger partial charge in [0, 0.05) is 32.7 Å². The van der Waals surface area contributed by atoms with Gasteiger partial charge in [0.1, 0.15) is 0 Å². The Labute approximate surface area is 69.6 Å². The fourth-order valence-corrected chi connectivity index (χ4v) is 0. The number of hydrogen-bond acceptors (Lipinski definition) is 3. The van der Waals surface area contributed by atoms with Gasteiger partial charge in [-0.25, -0.2) is 0 Å². The van der Waals surface area contributed by atoms with E-state index in [1.807, 2.05) is 0 Å². The number of nitrogens with zero attached hydrogens (tertiary/aromatic N) is 1. The molecule has 51 valence electrons. The van der Waals surface area contributed by atoms with Crippen LogP contribution < -0.4 is 0 Å². The monoisotopic (exact) mass is 205 g/mol. The Morgan fingerprint density at radius 1 is 1.00 bits per heavy atom. The third-order valence-electron chi connectivity index (χ3n) is 0. The van der Waals surface area contributed by atoms with E-state index in [1.54, 1.807) is 0 Å². The molecule has 0 aliphatic rings. The Balaban J connectivity index is -0.00000000750. The van der Waals surface area contributed by atoms with Gasteiger partial charge in [-0.3, -0.25) is 0 Å². The van der Waals surface area contributed by atoms with Crippen molar-refractivity contribution >= 4 is 0 Å². The Morgan fingerprint density at radius 2 is 1.00 bits per heavy atom. The van der Waals surface area contributed by atoms with E-state index in [1.165, 1.54) is 0 Å². The molecule has 0 atom stereocenters. The molecule has 7 nitrogen and oxygen atoms in total. The molecule has 0 aromatic carbocycles. The average molecular weight is 205 g/mol. The van der Waals surface area contributed by atoms with Crippen LogP contribution in [-0.4, -0.2) is 21.5 Å². The van der Waals surface area contributed by atoms with Crippen LogP contribution in [0.4, 0.5) is 0 Å². The van der Waals surface area contributed by atoms with Gasteiger partial charge < -0.3 is 31.8 Å². The minimum atomic E-state index is -1.75. The van der Waals surface area contributed by atoms with E-state index in [4.69, 9.17) is 15.3 Å². The first-order valence-electron chi connectivity index (χ1n) is 0.548. The Bertz CT molecular complexity index is 31.5. The SMILES string of the molecule is O.O.O.O=[N+]([O-])[O-].[Y]. The molecule has 0 saturated heterocycles. The normalized spacial score (nSPS) is 3.00. The molecule has 0 aliphatic heterocycles. The smallest absolute Gasteiger partial charge is 0.0689 e. The van der Waals surface area contributed by atoms with Crippen molar-refractivity contribution in [2.24, 2.45) is 0 Å². The summed E-state index contributed by atoms with van der Waals surface area (Å²) in [7, 11) is 0. The van der Waals surface area contributed by atoms with Crippen molar-refractivity contribution in [1.82, 2.24) is 0 Å². The van der Waals surface area contributed by atoms with Gasteiger partial charge in [0.05, 0.1) is 5.09 Å². The van der Waals surface area contributed by atoms with Crippen LogP contribution in [0.15, 0.2) is 0 Å². The fraction of sp³-hybridized carbons (Fsp3) is 0. The summed E-state index contributed by atoms with van der Waals surface area (Å²) in [4.78, 5) is 8.25. The molecule has 0 unspecified atom stereocenters. The van der Waals surface area contributed by atoms with E-state index < -0.39 is 5.09 Å². The first kappa shape index (κ1) is 41.7. The van der Waals surface area contributed by atoms with Gasteiger partial charge in [-0.15, -0.1) is 0 Å². The van der Waals surface area contributed by atoms with Crippen molar-refractivity contribution in [2.75, 3.05) is 0 Å². The van der Waals surface area contributed by atoms with Crippen LogP contribution in [0.2, 0.25) is 0 Å². The minimum Gasteiger partial charge on any atom is -0.412 e. The van der Waals surface area contributed by atoms with E-state index >= 15 is 0 Å². The van der Waals surface area contributed by atoms with E-state index in [9.17, 15) is 0 Å². The van der Waals surface area contributed by atoms with Crippen LogP contribution in [0.1, 0.15) is 0 Å². The van der Waals surface area contributed by atoms with Crippen molar-refractivity contribution < 1.29 is 54.2 Å². The van der Waals surface area contributed by atoms with Crippen LogP contribution in [-0.2, 0) is 32.7 Å². The van der Waals surface area contributed by atoms with Gasteiger partial charge in [0.2, 0.25) is 0 Å². The van der Waals surface area contributed by atoms with Crippen LogP contribution >= 0.6 is 0 Å². The van der Waals surface area contributed by atoms with Crippen LogP contribution in [0, 0.1) is 15.3 Å². The predicted molar refractivity (Wildman–Crippen MR) is 21.2 cm³/mol. The zero-order valence-electron chi connectivity index (χ0n) is 3.75. The van der Waals surface area contributed by atoms with Crippen LogP contribution in [0.3, 0.4) is 0 Å². The van der Waals surface area contributed by atoms with Gasteiger partial charge >= 0.3 is 0 Å². The zero-order valence-corrected chi connectivity index (χ0v) is 6.59. The summed E-state index contributed by atoms with van der Waals surface area (Å²) in [5.74, 6) is 0. The number of rotatable bonds is 0. The molecule has 8 heavy (non-hydrogen) atoms. The summed E-state index contributed by atoms with van der Waals surface area (Å²) in [6.45, 7) is 0. The molecule has 0 rings (SSSR count). The molecule has 6 N–H and O–H groups in total. The quantitative estimate of drug-likeness (QED) is 0.310. The third kappa shape index (κ3) is 4910. The Hall–Kier alpha value is 0.184. The molecule has 0 aromatic rings. The molecule has 0 heterocycles. The van der Waals surface area contributed by atoms with Crippen molar-refractivity contribution in [1.29, 1.82) is 0 Å². The maximum atomic E-state index is 8.25. The molecule has 0 aromatic heterocycles. The molecule has 0 fully saturated rings. The zero-order chi connectivity index (χ0) is 3.58. The van der Waals surface area contributed by atoms with E-state index in [-0.39, 0.29) is 49.1 Å². The summed E-state index contributed by atoms with van der Waals surface area (Å²) >= 11 is 0. The fourth-order valence-electron chi connectivity index (χ4n) is 0. The van der Waals surface area contributed by atoms with Gasteiger partial charge in [-0.1, -0.05) is 0 Å². The molecule has 0 amide bonds. The van der Waals surface area contributed by atoms with Crippen LogP contribution in [0.25, 0.3) is 0 Å². The molecule has 0 saturated carbocycles.